The van der Waals surface area contributed by atoms with E-state index in [9.17, 15) is 24.5 Å². The molecule has 1 aliphatic heterocycles. The Morgan fingerprint density at radius 1 is 1.06 bits per heavy atom. The van der Waals surface area contributed by atoms with E-state index < -0.39 is 28.7 Å². The highest BCUT2D eigenvalue weighted by molar-refractivity contribution is 6.00. The van der Waals surface area contributed by atoms with E-state index in [0.717, 1.165) is 6.07 Å². The van der Waals surface area contributed by atoms with Crippen LogP contribution in [0.5, 0.6) is 0 Å². The predicted molar refractivity (Wildman–Crippen MR) is 125 cm³/mol. The molecule has 0 unspecified atom stereocenters. The number of Topliss-reactive ketones (excluding diaryl/α,β-unsaturated/α-hetero) is 1. The number of nitro benzene ring substituents is 1. The number of esters is 1. The standard InChI is InChI=1S/C24H27N3O7/c1-24(2,3)23(30)25-18-7-4-16(5-8-18)21(28)15-34-22(29)17-6-9-19(20(14-17)27(31)32)26-10-12-33-13-11-26/h4-9,14H,10-13,15H2,1-3H3,(H,25,30). The SMILES string of the molecule is CC(C)(C)C(=O)Nc1ccc(C(=O)COC(=O)c2ccc(N3CCOCC3)c([N+](=O)[O-])c2)cc1. The zero-order valence-electron chi connectivity index (χ0n) is 19.3. The second-order valence-electron chi connectivity index (χ2n) is 8.84. The van der Waals surface area contributed by atoms with Crippen molar-refractivity contribution >= 4 is 34.7 Å². The number of carbonyl (C=O) groups is 3. The predicted octanol–water partition coefficient (Wildman–Crippen LogP) is 3.46. The van der Waals surface area contributed by atoms with Crippen LogP contribution in [0.1, 0.15) is 41.5 Å². The Kier molecular flexibility index (Phi) is 7.62. The molecule has 3 rings (SSSR count). The van der Waals surface area contributed by atoms with Gasteiger partial charge in [0.15, 0.2) is 12.4 Å². The van der Waals surface area contributed by atoms with E-state index in [1.807, 2.05) is 4.90 Å². The summed E-state index contributed by atoms with van der Waals surface area (Å²) in [5.74, 6) is -1.44. The highest BCUT2D eigenvalue weighted by Gasteiger charge is 2.24. The van der Waals surface area contributed by atoms with Gasteiger partial charge in [0.05, 0.1) is 23.7 Å². The van der Waals surface area contributed by atoms with E-state index in [2.05, 4.69) is 5.32 Å². The number of ether oxygens (including phenoxy) is 2. The molecule has 0 aliphatic carbocycles. The summed E-state index contributed by atoms with van der Waals surface area (Å²) in [6.07, 6.45) is 0. The molecule has 1 N–H and O–H groups in total. The summed E-state index contributed by atoms with van der Waals surface area (Å²) in [7, 11) is 0. The lowest BCUT2D eigenvalue weighted by Crippen LogP contribution is -2.36. The number of benzene rings is 2. The van der Waals surface area contributed by atoms with E-state index in [-0.39, 0.29) is 17.2 Å². The molecule has 180 valence electrons. The highest BCUT2D eigenvalue weighted by atomic mass is 16.6. The third-order valence-corrected chi connectivity index (χ3v) is 5.24. The molecule has 0 saturated carbocycles. The topological polar surface area (TPSA) is 128 Å². The van der Waals surface area contributed by atoms with Gasteiger partial charge in [0.1, 0.15) is 5.69 Å². The van der Waals surface area contributed by atoms with Gasteiger partial charge in [-0.15, -0.1) is 0 Å². The van der Waals surface area contributed by atoms with Gasteiger partial charge >= 0.3 is 5.97 Å². The number of hydrogen-bond donors (Lipinski definition) is 1. The first-order valence-corrected chi connectivity index (χ1v) is 10.8. The molecule has 0 bridgehead atoms. The lowest BCUT2D eigenvalue weighted by molar-refractivity contribution is -0.384. The van der Waals surface area contributed by atoms with Gasteiger partial charge in [-0.05, 0) is 36.4 Å². The first-order valence-electron chi connectivity index (χ1n) is 10.8. The average Bonchev–Trinajstić information content (AvgIpc) is 2.82. The second kappa shape index (κ2) is 10.4. The van der Waals surface area contributed by atoms with Crippen LogP contribution in [0.25, 0.3) is 0 Å². The van der Waals surface area contributed by atoms with Crippen LogP contribution in [-0.4, -0.2) is 55.5 Å². The van der Waals surface area contributed by atoms with Crippen molar-refractivity contribution in [3.05, 3.63) is 63.7 Å². The van der Waals surface area contributed by atoms with Crippen molar-refractivity contribution in [3.63, 3.8) is 0 Å². The Balaban J connectivity index is 1.62. The zero-order valence-corrected chi connectivity index (χ0v) is 19.3. The fourth-order valence-corrected chi connectivity index (χ4v) is 3.22. The maximum absolute atomic E-state index is 12.4. The average molecular weight is 469 g/mol. The van der Waals surface area contributed by atoms with Crippen LogP contribution in [0, 0.1) is 15.5 Å². The third kappa shape index (κ3) is 6.16. The number of amides is 1. The van der Waals surface area contributed by atoms with Crippen molar-refractivity contribution in [2.24, 2.45) is 5.41 Å². The maximum atomic E-state index is 12.4. The van der Waals surface area contributed by atoms with Gasteiger partial charge in [-0.1, -0.05) is 20.8 Å². The quantitative estimate of drug-likeness (QED) is 0.283. The van der Waals surface area contributed by atoms with E-state index in [1.165, 1.54) is 24.3 Å². The summed E-state index contributed by atoms with van der Waals surface area (Å²) >= 11 is 0. The molecule has 10 nitrogen and oxygen atoms in total. The molecule has 2 aromatic carbocycles. The fraction of sp³-hybridized carbons (Fsp3) is 0.375. The van der Waals surface area contributed by atoms with Crippen LogP contribution >= 0.6 is 0 Å². The van der Waals surface area contributed by atoms with Crippen LogP contribution in [0.3, 0.4) is 0 Å². The number of nitro groups is 1. The molecule has 2 aromatic rings. The molecular formula is C24H27N3O7. The van der Waals surface area contributed by atoms with Gasteiger partial charge in [0, 0.05) is 35.8 Å². The van der Waals surface area contributed by atoms with Crippen LogP contribution in [0.4, 0.5) is 17.1 Å². The van der Waals surface area contributed by atoms with Crippen LogP contribution in [0.15, 0.2) is 42.5 Å². The van der Waals surface area contributed by atoms with E-state index in [4.69, 9.17) is 9.47 Å². The maximum Gasteiger partial charge on any atom is 0.338 e. The van der Waals surface area contributed by atoms with Crippen molar-refractivity contribution in [3.8, 4) is 0 Å². The number of rotatable bonds is 7. The smallest absolute Gasteiger partial charge is 0.338 e. The van der Waals surface area contributed by atoms with Gasteiger partial charge in [-0.25, -0.2) is 4.79 Å². The summed E-state index contributed by atoms with van der Waals surface area (Å²) in [6.45, 7) is 6.80. The summed E-state index contributed by atoms with van der Waals surface area (Å²) < 4.78 is 10.4. The minimum atomic E-state index is -0.834. The fourth-order valence-electron chi connectivity index (χ4n) is 3.22. The van der Waals surface area contributed by atoms with Gasteiger partial charge < -0.3 is 19.7 Å². The van der Waals surface area contributed by atoms with Crippen LogP contribution < -0.4 is 10.2 Å². The number of morpholine rings is 1. The molecule has 0 radical (unpaired) electrons. The number of anilines is 2. The molecule has 1 saturated heterocycles. The largest absolute Gasteiger partial charge is 0.454 e. The number of nitrogens with one attached hydrogen (secondary N) is 1. The second-order valence-corrected chi connectivity index (χ2v) is 8.84. The van der Waals surface area contributed by atoms with E-state index >= 15 is 0 Å². The molecule has 0 aromatic heterocycles. The van der Waals surface area contributed by atoms with Gasteiger partial charge in [0.2, 0.25) is 5.91 Å². The summed E-state index contributed by atoms with van der Waals surface area (Å²) in [4.78, 5) is 49.7. The zero-order chi connectivity index (χ0) is 24.9. The Morgan fingerprint density at radius 2 is 1.68 bits per heavy atom. The molecule has 34 heavy (non-hydrogen) atoms. The van der Waals surface area contributed by atoms with Crippen LogP contribution in [-0.2, 0) is 14.3 Å². The summed E-state index contributed by atoms with van der Waals surface area (Å²) in [6, 6.07) is 10.3. The van der Waals surface area contributed by atoms with Gasteiger partial charge in [-0.3, -0.25) is 19.7 Å². The Morgan fingerprint density at radius 3 is 2.26 bits per heavy atom. The van der Waals surface area contributed by atoms with Crippen molar-refractivity contribution in [1.29, 1.82) is 0 Å². The van der Waals surface area contributed by atoms with Gasteiger partial charge in [-0.2, -0.15) is 0 Å². The first-order chi connectivity index (χ1) is 16.1. The highest BCUT2D eigenvalue weighted by Crippen LogP contribution is 2.30. The van der Waals surface area contributed by atoms with Crippen molar-refractivity contribution in [1.82, 2.24) is 0 Å². The van der Waals surface area contributed by atoms with Crippen molar-refractivity contribution in [2.75, 3.05) is 43.1 Å². The van der Waals surface area contributed by atoms with Crippen LogP contribution in [0.2, 0.25) is 0 Å². The Labute approximate surface area is 197 Å². The molecule has 1 heterocycles. The molecule has 0 atom stereocenters. The normalized spacial score (nSPS) is 13.8. The lowest BCUT2D eigenvalue weighted by Gasteiger charge is -2.28. The van der Waals surface area contributed by atoms with Gasteiger partial charge in [0.25, 0.3) is 5.69 Å². The van der Waals surface area contributed by atoms with Crippen molar-refractivity contribution < 1.29 is 28.8 Å². The minimum absolute atomic E-state index is 0.0169. The molecule has 0 spiro atoms. The molecule has 1 amide bonds. The third-order valence-electron chi connectivity index (χ3n) is 5.24. The summed E-state index contributed by atoms with van der Waals surface area (Å²) in [5.41, 5.74) is 0.459. The molecule has 1 fully saturated rings. The van der Waals surface area contributed by atoms with Crippen molar-refractivity contribution in [2.45, 2.75) is 20.8 Å². The lowest BCUT2D eigenvalue weighted by atomic mass is 9.95. The van der Waals surface area contributed by atoms with E-state index in [0.29, 0.717) is 43.2 Å². The number of nitrogens with zero attached hydrogens (tertiary/aromatic N) is 2. The first kappa shape index (κ1) is 24.8. The minimum Gasteiger partial charge on any atom is -0.454 e. The Bertz CT molecular complexity index is 1080. The summed E-state index contributed by atoms with van der Waals surface area (Å²) in [5, 5.41) is 14.3. The molecule has 10 heteroatoms. The molecular weight excluding hydrogens is 442 g/mol. The number of carbonyl (C=O) groups excluding carboxylic acids is 3. The number of ketones is 1. The monoisotopic (exact) mass is 469 g/mol. The Hall–Kier alpha value is -3.79. The number of hydrogen-bond acceptors (Lipinski definition) is 8. The molecule has 1 aliphatic rings. The van der Waals surface area contributed by atoms with E-state index in [1.54, 1.807) is 32.9 Å².